The van der Waals surface area contributed by atoms with Crippen molar-refractivity contribution in [1.82, 2.24) is 0 Å². The van der Waals surface area contributed by atoms with Crippen molar-refractivity contribution in [3.05, 3.63) is 30.3 Å². The maximum atomic E-state index is 6.16. The van der Waals surface area contributed by atoms with Crippen molar-refractivity contribution in [2.24, 2.45) is 5.92 Å². The molecule has 4 unspecified atom stereocenters. The highest BCUT2D eigenvalue weighted by molar-refractivity contribution is 5.44. The minimum absolute atomic E-state index is 0.112. The SMILES string of the molecule is COCC1CCC(Nc2ccccc2)C2(OC)CCCOC12. The average Bonchev–Trinajstić information content (AvgIpc) is 2.58. The average molecular weight is 305 g/mol. The molecule has 1 aromatic carbocycles. The molecule has 1 aliphatic carbocycles. The van der Waals surface area contributed by atoms with Gasteiger partial charge in [0.15, 0.2) is 0 Å². The van der Waals surface area contributed by atoms with E-state index in [0.29, 0.717) is 5.92 Å². The summed E-state index contributed by atoms with van der Waals surface area (Å²) < 4.78 is 17.7. The quantitative estimate of drug-likeness (QED) is 0.907. The highest BCUT2D eigenvalue weighted by atomic mass is 16.6. The van der Waals surface area contributed by atoms with Crippen LogP contribution in [0.15, 0.2) is 30.3 Å². The fourth-order valence-corrected chi connectivity index (χ4v) is 4.20. The zero-order valence-corrected chi connectivity index (χ0v) is 13.6. The summed E-state index contributed by atoms with van der Waals surface area (Å²) in [5.74, 6) is 0.416. The second kappa shape index (κ2) is 6.99. The first-order chi connectivity index (χ1) is 10.8. The fourth-order valence-electron chi connectivity index (χ4n) is 4.20. The van der Waals surface area contributed by atoms with Crippen LogP contribution in [0, 0.1) is 5.92 Å². The summed E-state index contributed by atoms with van der Waals surface area (Å²) in [5, 5.41) is 3.69. The molecule has 1 aliphatic heterocycles. The number of nitrogens with one attached hydrogen (secondary N) is 1. The van der Waals surface area contributed by atoms with Gasteiger partial charge in [-0.25, -0.2) is 0 Å². The van der Waals surface area contributed by atoms with E-state index in [-0.39, 0.29) is 17.7 Å². The van der Waals surface area contributed by atoms with Crippen molar-refractivity contribution in [2.75, 3.05) is 32.8 Å². The Morgan fingerprint density at radius 2 is 2.05 bits per heavy atom. The fraction of sp³-hybridized carbons (Fsp3) is 0.667. The Bertz CT molecular complexity index is 467. The van der Waals surface area contributed by atoms with E-state index in [1.54, 1.807) is 7.11 Å². The molecule has 1 saturated heterocycles. The van der Waals surface area contributed by atoms with Crippen LogP contribution in [0.3, 0.4) is 0 Å². The van der Waals surface area contributed by atoms with Crippen molar-refractivity contribution in [2.45, 2.75) is 43.4 Å². The molecular weight excluding hydrogens is 278 g/mol. The first-order valence-corrected chi connectivity index (χ1v) is 8.27. The molecule has 0 radical (unpaired) electrons. The van der Waals surface area contributed by atoms with Crippen LogP contribution in [0.5, 0.6) is 0 Å². The Morgan fingerprint density at radius 1 is 1.23 bits per heavy atom. The second-order valence-corrected chi connectivity index (χ2v) is 6.41. The van der Waals surface area contributed by atoms with E-state index in [2.05, 4.69) is 29.6 Å². The van der Waals surface area contributed by atoms with Gasteiger partial charge >= 0.3 is 0 Å². The summed E-state index contributed by atoms with van der Waals surface area (Å²) in [4.78, 5) is 0. The van der Waals surface area contributed by atoms with Crippen LogP contribution in [0.4, 0.5) is 5.69 Å². The second-order valence-electron chi connectivity index (χ2n) is 6.41. The van der Waals surface area contributed by atoms with Crippen LogP contribution >= 0.6 is 0 Å². The van der Waals surface area contributed by atoms with Gasteiger partial charge in [0, 0.05) is 32.4 Å². The lowest BCUT2D eigenvalue weighted by molar-refractivity contribution is -0.210. The lowest BCUT2D eigenvalue weighted by Gasteiger charge is -2.54. The van der Waals surface area contributed by atoms with Crippen LogP contribution in [-0.2, 0) is 14.2 Å². The van der Waals surface area contributed by atoms with Gasteiger partial charge in [-0.1, -0.05) is 18.2 Å². The van der Waals surface area contributed by atoms with Crippen molar-refractivity contribution in [3.8, 4) is 0 Å². The summed E-state index contributed by atoms with van der Waals surface area (Å²) in [6.07, 6.45) is 4.39. The Balaban J connectivity index is 1.83. The first kappa shape index (κ1) is 15.8. The normalized spacial score (nSPS) is 34.9. The van der Waals surface area contributed by atoms with Crippen molar-refractivity contribution in [1.29, 1.82) is 0 Å². The summed E-state index contributed by atoms with van der Waals surface area (Å²) in [5.41, 5.74) is 0.897. The number of fused-ring (bicyclic) bond motifs is 1. The molecule has 1 saturated carbocycles. The highest BCUT2D eigenvalue weighted by Gasteiger charge is 2.54. The maximum absolute atomic E-state index is 6.16. The number of rotatable bonds is 5. The number of benzene rings is 1. The largest absolute Gasteiger partial charge is 0.384 e. The van der Waals surface area contributed by atoms with E-state index in [0.717, 1.165) is 44.6 Å². The van der Waals surface area contributed by atoms with Gasteiger partial charge in [-0.15, -0.1) is 0 Å². The summed E-state index contributed by atoms with van der Waals surface area (Å²) in [7, 11) is 3.60. The van der Waals surface area contributed by atoms with E-state index in [1.165, 1.54) is 0 Å². The summed E-state index contributed by atoms with van der Waals surface area (Å²) >= 11 is 0. The zero-order chi connectivity index (χ0) is 15.4. The van der Waals surface area contributed by atoms with E-state index < -0.39 is 0 Å². The molecule has 1 N–H and O–H groups in total. The van der Waals surface area contributed by atoms with Crippen molar-refractivity contribution < 1.29 is 14.2 Å². The van der Waals surface area contributed by atoms with Crippen molar-refractivity contribution >= 4 is 5.69 Å². The molecule has 4 nitrogen and oxygen atoms in total. The summed E-state index contributed by atoms with van der Waals surface area (Å²) in [6.45, 7) is 1.57. The van der Waals surface area contributed by atoms with E-state index in [1.807, 2.05) is 13.2 Å². The van der Waals surface area contributed by atoms with E-state index >= 15 is 0 Å². The van der Waals surface area contributed by atoms with Gasteiger partial charge in [0.25, 0.3) is 0 Å². The Labute approximate surface area is 133 Å². The maximum Gasteiger partial charge on any atom is 0.114 e. The molecule has 1 aromatic rings. The Morgan fingerprint density at radius 3 is 2.77 bits per heavy atom. The van der Waals surface area contributed by atoms with Gasteiger partial charge < -0.3 is 19.5 Å². The standard InChI is InChI=1S/C18H27NO3/c1-20-13-14-9-10-16(19-15-7-4-3-5-8-15)18(21-2)11-6-12-22-17(14)18/h3-5,7-8,14,16-17,19H,6,9-13H2,1-2H3. The van der Waals surface area contributed by atoms with Crippen LogP contribution < -0.4 is 5.32 Å². The van der Waals surface area contributed by atoms with E-state index in [9.17, 15) is 0 Å². The molecule has 22 heavy (non-hydrogen) atoms. The Hall–Kier alpha value is -1.10. The predicted octanol–water partition coefficient (Wildman–Crippen LogP) is 3.09. The summed E-state index contributed by atoms with van der Waals surface area (Å²) in [6, 6.07) is 10.7. The third-order valence-electron chi connectivity index (χ3n) is 5.21. The minimum Gasteiger partial charge on any atom is -0.384 e. The molecule has 0 spiro atoms. The number of para-hydroxylation sites is 1. The smallest absolute Gasteiger partial charge is 0.114 e. The molecule has 1 heterocycles. The molecular formula is C18H27NO3. The van der Waals surface area contributed by atoms with Gasteiger partial charge in [0.1, 0.15) is 5.60 Å². The van der Waals surface area contributed by atoms with Gasteiger partial charge in [0.05, 0.1) is 18.8 Å². The number of hydrogen-bond acceptors (Lipinski definition) is 4. The number of hydrogen-bond donors (Lipinski definition) is 1. The molecule has 2 aliphatic rings. The van der Waals surface area contributed by atoms with Crippen LogP contribution in [0.2, 0.25) is 0 Å². The highest BCUT2D eigenvalue weighted by Crippen LogP contribution is 2.44. The van der Waals surface area contributed by atoms with Crippen LogP contribution in [0.25, 0.3) is 0 Å². The monoisotopic (exact) mass is 305 g/mol. The molecule has 3 rings (SSSR count). The molecule has 0 amide bonds. The molecule has 0 bridgehead atoms. The van der Waals surface area contributed by atoms with E-state index in [4.69, 9.17) is 14.2 Å². The molecule has 4 heteroatoms. The van der Waals surface area contributed by atoms with Gasteiger partial charge in [-0.05, 0) is 37.8 Å². The molecule has 0 aromatic heterocycles. The predicted molar refractivity (Wildman–Crippen MR) is 87.2 cm³/mol. The van der Waals surface area contributed by atoms with Gasteiger partial charge in [0.2, 0.25) is 0 Å². The third kappa shape index (κ3) is 2.87. The van der Waals surface area contributed by atoms with Crippen molar-refractivity contribution in [3.63, 3.8) is 0 Å². The lowest BCUT2D eigenvalue weighted by Crippen LogP contribution is -2.65. The van der Waals surface area contributed by atoms with Gasteiger partial charge in [-0.3, -0.25) is 0 Å². The number of anilines is 1. The minimum atomic E-state index is -0.254. The molecule has 122 valence electrons. The Kier molecular flexibility index (Phi) is 5.01. The van der Waals surface area contributed by atoms with Crippen LogP contribution in [0.1, 0.15) is 25.7 Å². The number of ether oxygens (including phenoxy) is 3. The lowest BCUT2D eigenvalue weighted by atomic mass is 9.69. The first-order valence-electron chi connectivity index (χ1n) is 8.27. The van der Waals surface area contributed by atoms with Gasteiger partial charge in [-0.2, -0.15) is 0 Å². The van der Waals surface area contributed by atoms with Crippen LogP contribution in [-0.4, -0.2) is 45.2 Å². The molecule has 2 fully saturated rings. The zero-order valence-electron chi connectivity index (χ0n) is 13.6. The molecule has 4 atom stereocenters. The number of methoxy groups -OCH3 is 2. The topological polar surface area (TPSA) is 39.7 Å². The third-order valence-corrected chi connectivity index (χ3v) is 5.21.